The van der Waals surface area contributed by atoms with Crippen LogP contribution in [-0.2, 0) is 10.0 Å². The van der Waals surface area contributed by atoms with Crippen molar-refractivity contribution >= 4 is 33.3 Å². The minimum absolute atomic E-state index is 0.0393. The second kappa shape index (κ2) is 7.67. The second-order valence-electron chi connectivity index (χ2n) is 6.34. The summed E-state index contributed by atoms with van der Waals surface area (Å²) in [6, 6.07) is 4.28. The molecule has 0 bridgehead atoms. The van der Waals surface area contributed by atoms with Gasteiger partial charge >= 0.3 is 0 Å². The number of ether oxygens (including phenoxy) is 1. The average Bonchev–Trinajstić information content (AvgIpc) is 2.63. The van der Waals surface area contributed by atoms with Crippen LogP contribution in [0.1, 0.15) is 19.8 Å². The van der Waals surface area contributed by atoms with Crippen LogP contribution in [0, 0.1) is 5.92 Å². The van der Waals surface area contributed by atoms with Crippen molar-refractivity contribution in [3.63, 3.8) is 0 Å². The summed E-state index contributed by atoms with van der Waals surface area (Å²) in [6.07, 6.45) is 5.16. The molecule has 1 saturated heterocycles. The van der Waals surface area contributed by atoms with E-state index < -0.39 is 10.0 Å². The number of piperidine rings is 1. The highest BCUT2D eigenvalue weighted by Gasteiger charge is 2.19. The van der Waals surface area contributed by atoms with Crippen molar-refractivity contribution in [2.45, 2.75) is 24.7 Å². The molecule has 3 rings (SSSR count). The summed E-state index contributed by atoms with van der Waals surface area (Å²) >= 11 is 6.01. The van der Waals surface area contributed by atoms with Crippen molar-refractivity contribution in [2.75, 3.05) is 29.8 Å². The third-order valence-electron chi connectivity index (χ3n) is 4.39. The van der Waals surface area contributed by atoms with Crippen LogP contribution >= 0.6 is 11.6 Å². The zero-order valence-corrected chi connectivity index (χ0v) is 16.2. The lowest BCUT2D eigenvalue weighted by atomic mass is 10.00. The SMILES string of the molecule is COc1ccc(S(=O)(=O)Nc2cnc(N3CCC(C)CC3)nc2)cc1Cl. The zero-order chi connectivity index (χ0) is 18.7. The van der Waals surface area contributed by atoms with Crippen LogP contribution in [-0.4, -0.2) is 38.6 Å². The van der Waals surface area contributed by atoms with Crippen molar-refractivity contribution in [3.05, 3.63) is 35.6 Å². The first-order valence-electron chi connectivity index (χ1n) is 8.32. The maximum absolute atomic E-state index is 12.5. The third-order valence-corrected chi connectivity index (χ3v) is 6.06. The van der Waals surface area contributed by atoms with E-state index in [0.29, 0.717) is 23.3 Å². The predicted molar refractivity (Wildman–Crippen MR) is 101 cm³/mol. The average molecular weight is 397 g/mol. The normalized spacial score (nSPS) is 15.7. The number of hydrogen-bond acceptors (Lipinski definition) is 6. The molecule has 0 aliphatic carbocycles. The molecule has 1 aromatic carbocycles. The van der Waals surface area contributed by atoms with Crippen molar-refractivity contribution in [1.82, 2.24) is 9.97 Å². The fourth-order valence-electron chi connectivity index (χ4n) is 2.77. The van der Waals surface area contributed by atoms with E-state index in [0.717, 1.165) is 25.9 Å². The Morgan fingerprint density at radius 3 is 2.46 bits per heavy atom. The van der Waals surface area contributed by atoms with Crippen LogP contribution in [0.4, 0.5) is 11.6 Å². The number of anilines is 2. The predicted octanol–water partition coefficient (Wildman–Crippen LogP) is 3.18. The lowest BCUT2D eigenvalue weighted by molar-refractivity contribution is 0.414. The number of nitrogens with one attached hydrogen (secondary N) is 1. The Kier molecular flexibility index (Phi) is 5.52. The van der Waals surface area contributed by atoms with Gasteiger partial charge in [0, 0.05) is 13.1 Å². The molecule has 9 heteroatoms. The molecule has 0 saturated carbocycles. The number of sulfonamides is 1. The number of halogens is 1. The van der Waals surface area contributed by atoms with Gasteiger partial charge in [0.1, 0.15) is 5.75 Å². The maximum atomic E-state index is 12.5. The van der Waals surface area contributed by atoms with E-state index in [4.69, 9.17) is 16.3 Å². The molecular weight excluding hydrogens is 376 g/mol. The second-order valence-corrected chi connectivity index (χ2v) is 8.43. The molecule has 140 valence electrons. The Hall–Kier alpha value is -2.06. The van der Waals surface area contributed by atoms with Gasteiger partial charge in [-0.3, -0.25) is 4.72 Å². The quantitative estimate of drug-likeness (QED) is 0.835. The lowest BCUT2D eigenvalue weighted by Gasteiger charge is -2.30. The summed E-state index contributed by atoms with van der Waals surface area (Å²) < 4.78 is 32.5. The molecule has 1 fully saturated rings. The van der Waals surface area contributed by atoms with Crippen LogP contribution in [0.25, 0.3) is 0 Å². The first-order chi connectivity index (χ1) is 12.4. The molecule has 2 aromatic rings. The highest BCUT2D eigenvalue weighted by Crippen LogP contribution is 2.28. The summed E-state index contributed by atoms with van der Waals surface area (Å²) in [6.45, 7) is 4.06. The molecule has 0 radical (unpaired) electrons. The Bertz CT molecular complexity index is 866. The van der Waals surface area contributed by atoms with E-state index >= 15 is 0 Å². The number of nitrogens with zero attached hydrogens (tertiary/aromatic N) is 3. The van der Waals surface area contributed by atoms with Gasteiger partial charge in [-0.1, -0.05) is 18.5 Å². The van der Waals surface area contributed by atoms with Gasteiger partial charge < -0.3 is 9.64 Å². The highest BCUT2D eigenvalue weighted by molar-refractivity contribution is 7.92. The maximum Gasteiger partial charge on any atom is 0.262 e. The van der Waals surface area contributed by atoms with Gasteiger partial charge in [0.2, 0.25) is 5.95 Å². The molecule has 7 nitrogen and oxygen atoms in total. The van der Waals surface area contributed by atoms with Gasteiger partial charge in [-0.05, 0) is 37.0 Å². The van der Waals surface area contributed by atoms with Gasteiger partial charge in [0.05, 0.1) is 35.1 Å². The molecule has 26 heavy (non-hydrogen) atoms. The van der Waals surface area contributed by atoms with Crippen molar-refractivity contribution in [3.8, 4) is 5.75 Å². The summed E-state index contributed by atoms with van der Waals surface area (Å²) in [4.78, 5) is 10.7. The van der Waals surface area contributed by atoms with E-state index in [2.05, 4.69) is 26.5 Å². The number of benzene rings is 1. The van der Waals surface area contributed by atoms with E-state index in [1.165, 1.54) is 37.7 Å². The van der Waals surface area contributed by atoms with Gasteiger partial charge in [-0.25, -0.2) is 18.4 Å². The number of hydrogen-bond donors (Lipinski definition) is 1. The molecule has 1 aliphatic heterocycles. The van der Waals surface area contributed by atoms with Gasteiger partial charge in [0.25, 0.3) is 10.0 Å². The van der Waals surface area contributed by atoms with Crippen LogP contribution in [0.3, 0.4) is 0 Å². The van der Waals surface area contributed by atoms with Crippen molar-refractivity contribution in [2.24, 2.45) is 5.92 Å². The minimum Gasteiger partial charge on any atom is -0.495 e. The Balaban J connectivity index is 1.72. The molecule has 1 N–H and O–H groups in total. The first-order valence-corrected chi connectivity index (χ1v) is 10.2. The van der Waals surface area contributed by atoms with Crippen LogP contribution in [0.5, 0.6) is 5.75 Å². The standard InChI is InChI=1S/C17H21ClN4O3S/c1-12-5-7-22(8-6-12)17-19-10-13(11-20-17)21-26(23,24)14-3-4-16(25-2)15(18)9-14/h3-4,9-12,21H,5-8H2,1-2H3. The topological polar surface area (TPSA) is 84.4 Å². The minimum atomic E-state index is -3.79. The monoisotopic (exact) mass is 396 g/mol. The molecule has 0 spiro atoms. The van der Waals surface area contributed by atoms with Crippen molar-refractivity contribution < 1.29 is 13.2 Å². The third kappa shape index (κ3) is 4.19. The van der Waals surface area contributed by atoms with Crippen LogP contribution in [0.15, 0.2) is 35.5 Å². The fraction of sp³-hybridized carbons (Fsp3) is 0.412. The fourth-order valence-corrected chi connectivity index (χ4v) is 4.15. The molecule has 0 atom stereocenters. The van der Waals surface area contributed by atoms with Crippen LogP contribution < -0.4 is 14.4 Å². The Morgan fingerprint density at radius 2 is 1.88 bits per heavy atom. The molecular formula is C17H21ClN4O3S. The van der Waals surface area contributed by atoms with Gasteiger partial charge in [0.15, 0.2) is 0 Å². The van der Waals surface area contributed by atoms with Gasteiger partial charge in [-0.15, -0.1) is 0 Å². The summed E-state index contributed by atoms with van der Waals surface area (Å²) in [5.74, 6) is 1.75. The smallest absolute Gasteiger partial charge is 0.262 e. The molecule has 0 amide bonds. The van der Waals surface area contributed by atoms with Gasteiger partial charge in [-0.2, -0.15) is 0 Å². The summed E-state index contributed by atoms with van der Waals surface area (Å²) in [7, 11) is -2.32. The van der Waals surface area contributed by atoms with E-state index in [1.54, 1.807) is 0 Å². The molecule has 0 unspecified atom stereocenters. The number of methoxy groups -OCH3 is 1. The van der Waals surface area contributed by atoms with E-state index in [1.807, 2.05) is 0 Å². The molecule has 1 aliphatic rings. The number of rotatable bonds is 5. The van der Waals surface area contributed by atoms with E-state index in [-0.39, 0.29) is 9.92 Å². The lowest BCUT2D eigenvalue weighted by Crippen LogP contribution is -2.34. The summed E-state index contributed by atoms with van der Waals surface area (Å²) in [5, 5.41) is 0.223. The summed E-state index contributed by atoms with van der Waals surface area (Å²) in [5.41, 5.74) is 0.297. The number of aromatic nitrogens is 2. The molecule has 2 heterocycles. The Labute approximate surface area is 158 Å². The molecule has 1 aromatic heterocycles. The largest absolute Gasteiger partial charge is 0.495 e. The van der Waals surface area contributed by atoms with Crippen molar-refractivity contribution in [1.29, 1.82) is 0 Å². The highest BCUT2D eigenvalue weighted by atomic mass is 35.5. The first kappa shape index (κ1) is 18.7. The van der Waals surface area contributed by atoms with Crippen LogP contribution in [0.2, 0.25) is 5.02 Å². The zero-order valence-electron chi connectivity index (χ0n) is 14.6. The Morgan fingerprint density at radius 1 is 1.23 bits per heavy atom. The van der Waals surface area contributed by atoms with E-state index in [9.17, 15) is 8.42 Å².